The third kappa shape index (κ3) is 3.16. The second kappa shape index (κ2) is 6.82. The van der Waals surface area contributed by atoms with E-state index in [1.54, 1.807) is 13.3 Å². The van der Waals surface area contributed by atoms with Crippen molar-refractivity contribution in [3.05, 3.63) is 36.2 Å². The fourth-order valence-electron chi connectivity index (χ4n) is 3.42. The van der Waals surface area contributed by atoms with E-state index in [4.69, 9.17) is 14.5 Å². The molecule has 0 unspecified atom stereocenters. The van der Waals surface area contributed by atoms with E-state index in [2.05, 4.69) is 28.0 Å². The molecule has 26 heavy (non-hydrogen) atoms. The summed E-state index contributed by atoms with van der Waals surface area (Å²) in [6, 6.07) is 5.89. The van der Waals surface area contributed by atoms with Gasteiger partial charge in [-0.2, -0.15) is 5.10 Å². The number of hydrogen-bond acceptors (Lipinski definition) is 6. The largest absolute Gasteiger partial charge is 0.489 e. The van der Waals surface area contributed by atoms with Gasteiger partial charge in [-0.15, -0.1) is 0 Å². The Morgan fingerprint density at radius 3 is 2.65 bits per heavy atom. The van der Waals surface area contributed by atoms with Gasteiger partial charge in [-0.1, -0.05) is 0 Å². The molecular weight excluding hydrogens is 330 g/mol. The minimum absolute atomic E-state index is 0.198. The maximum Gasteiger partial charge on any atom is 0.213 e. The molecule has 0 spiro atoms. The molecule has 4 heterocycles. The van der Waals surface area contributed by atoms with E-state index in [0.717, 1.165) is 48.5 Å². The van der Waals surface area contributed by atoms with Crippen LogP contribution in [0.1, 0.15) is 18.4 Å². The van der Waals surface area contributed by atoms with Crippen molar-refractivity contribution in [3.63, 3.8) is 0 Å². The molecule has 0 saturated carbocycles. The van der Waals surface area contributed by atoms with Gasteiger partial charge in [0.05, 0.1) is 25.0 Å². The standard InChI is InChI=1S/C19H23N5O2/c1-13-10-17-16(12-21-23(17)2)22-19(13)24-8-6-14(7-9-24)26-15-4-5-18(25-3)20-11-15/h4-5,10-12,14H,6-9H2,1-3H3. The summed E-state index contributed by atoms with van der Waals surface area (Å²) in [5, 5.41) is 4.30. The van der Waals surface area contributed by atoms with Crippen LogP contribution in [-0.4, -0.2) is 46.1 Å². The van der Waals surface area contributed by atoms with Crippen molar-refractivity contribution in [2.75, 3.05) is 25.1 Å². The van der Waals surface area contributed by atoms with Crippen LogP contribution >= 0.6 is 0 Å². The van der Waals surface area contributed by atoms with E-state index >= 15 is 0 Å². The fourth-order valence-corrected chi connectivity index (χ4v) is 3.42. The third-order valence-electron chi connectivity index (χ3n) is 4.86. The number of nitrogens with zero attached hydrogens (tertiary/aromatic N) is 5. The van der Waals surface area contributed by atoms with E-state index in [9.17, 15) is 0 Å². The molecule has 1 fully saturated rings. The van der Waals surface area contributed by atoms with Crippen molar-refractivity contribution in [1.29, 1.82) is 0 Å². The maximum absolute atomic E-state index is 6.06. The Balaban J connectivity index is 1.42. The summed E-state index contributed by atoms with van der Waals surface area (Å²) in [6.45, 7) is 3.96. The van der Waals surface area contributed by atoms with Crippen LogP contribution in [0.3, 0.4) is 0 Å². The summed E-state index contributed by atoms with van der Waals surface area (Å²) in [7, 11) is 3.55. The van der Waals surface area contributed by atoms with E-state index in [1.165, 1.54) is 5.56 Å². The lowest BCUT2D eigenvalue weighted by Gasteiger charge is -2.33. The Hall–Kier alpha value is -2.83. The highest BCUT2D eigenvalue weighted by molar-refractivity contribution is 5.78. The zero-order valence-corrected chi connectivity index (χ0v) is 15.3. The predicted octanol–water partition coefficient (Wildman–Crippen LogP) is 2.73. The molecule has 4 rings (SSSR count). The van der Waals surface area contributed by atoms with Crippen LogP contribution in [0.2, 0.25) is 0 Å². The highest BCUT2D eigenvalue weighted by Crippen LogP contribution is 2.27. The van der Waals surface area contributed by atoms with Crippen LogP contribution < -0.4 is 14.4 Å². The molecule has 1 saturated heterocycles. The van der Waals surface area contributed by atoms with Crippen LogP contribution in [0.15, 0.2) is 30.6 Å². The van der Waals surface area contributed by atoms with Crippen molar-refractivity contribution in [2.45, 2.75) is 25.9 Å². The van der Waals surface area contributed by atoms with Crippen LogP contribution in [0.25, 0.3) is 11.0 Å². The number of aromatic nitrogens is 4. The zero-order valence-electron chi connectivity index (χ0n) is 15.3. The number of anilines is 1. The second-order valence-corrected chi connectivity index (χ2v) is 6.64. The van der Waals surface area contributed by atoms with Gasteiger partial charge >= 0.3 is 0 Å². The van der Waals surface area contributed by atoms with Gasteiger partial charge in [0.2, 0.25) is 5.88 Å². The van der Waals surface area contributed by atoms with Gasteiger partial charge in [-0.05, 0) is 24.6 Å². The van der Waals surface area contributed by atoms with Gasteiger partial charge in [-0.25, -0.2) is 9.97 Å². The maximum atomic E-state index is 6.06. The van der Waals surface area contributed by atoms with Crippen LogP contribution in [0.5, 0.6) is 11.6 Å². The van der Waals surface area contributed by atoms with Gasteiger partial charge in [-0.3, -0.25) is 4.68 Å². The average molecular weight is 353 g/mol. The van der Waals surface area contributed by atoms with Gasteiger partial charge in [0, 0.05) is 39.0 Å². The Kier molecular flexibility index (Phi) is 4.36. The van der Waals surface area contributed by atoms with E-state index in [1.807, 2.05) is 30.1 Å². The molecule has 7 nitrogen and oxygen atoms in total. The number of piperidine rings is 1. The normalized spacial score (nSPS) is 15.4. The number of methoxy groups -OCH3 is 1. The molecule has 3 aromatic rings. The number of ether oxygens (including phenoxy) is 2. The molecular formula is C19H23N5O2. The van der Waals surface area contributed by atoms with Crippen molar-refractivity contribution in [1.82, 2.24) is 19.7 Å². The van der Waals surface area contributed by atoms with Crippen molar-refractivity contribution in [3.8, 4) is 11.6 Å². The summed E-state index contributed by atoms with van der Waals surface area (Å²) in [4.78, 5) is 11.4. The predicted molar refractivity (Wildman–Crippen MR) is 99.9 cm³/mol. The van der Waals surface area contributed by atoms with E-state index < -0.39 is 0 Å². The van der Waals surface area contributed by atoms with Gasteiger partial charge < -0.3 is 14.4 Å². The molecule has 1 aliphatic rings. The molecule has 0 aliphatic carbocycles. The van der Waals surface area contributed by atoms with Crippen molar-refractivity contribution in [2.24, 2.45) is 7.05 Å². The molecule has 0 aromatic carbocycles. The van der Waals surface area contributed by atoms with Crippen LogP contribution in [0.4, 0.5) is 5.82 Å². The Morgan fingerprint density at radius 1 is 1.15 bits per heavy atom. The number of pyridine rings is 2. The molecule has 0 atom stereocenters. The molecule has 1 aliphatic heterocycles. The minimum Gasteiger partial charge on any atom is -0.489 e. The van der Waals surface area contributed by atoms with E-state index in [-0.39, 0.29) is 6.10 Å². The molecule has 3 aromatic heterocycles. The highest BCUT2D eigenvalue weighted by Gasteiger charge is 2.23. The van der Waals surface area contributed by atoms with Crippen molar-refractivity contribution < 1.29 is 9.47 Å². The topological polar surface area (TPSA) is 65.3 Å². The third-order valence-corrected chi connectivity index (χ3v) is 4.86. The summed E-state index contributed by atoms with van der Waals surface area (Å²) >= 11 is 0. The monoisotopic (exact) mass is 353 g/mol. The minimum atomic E-state index is 0.198. The fraction of sp³-hybridized carbons (Fsp3) is 0.421. The van der Waals surface area contributed by atoms with Crippen LogP contribution in [-0.2, 0) is 7.05 Å². The quantitative estimate of drug-likeness (QED) is 0.719. The molecule has 0 bridgehead atoms. The SMILES string of the molecule is COc1ccc(OC2CCN(c3nc4cnn(C)c4cc3C)CC2)cn1. The van der Waals surface area contributed by atoms with Gasteiger partial charge in [0.1, 0.15) is 23.2 Å². The number of rotatable bonds is 4. The molecule has 0 radical (unpaired) electrons. The molecule has 7 heteroatoms. The van der Waals surface area contributed by atoms with E-state index in [0.29, 0.717) is 5.88 Å². The smallest absolute Gasteiger partial charge is 0.213 e. The molecule has 0 amide bonds. The first-order valence-electron chi connectivity index (χ1n) is 8.85. The van der Waals surface area contributed by atoms with Crippen molar-refractivity contribution >= 4 is 16.9 Å². The Morgan fingerprint density at radius 2 is 1.96 bits per heavy atom. The lowest BCUT2D eigenvalue weighted by molar-refractivity contribution is 0.170. The number of aryl methyl sites for hydroxylation is 2. The summed E-state index contributed by atoms with van der Waals surface area (Å²) < 4.78 is 13.0. The van der Waals surface area contributed by atoms with Gasteiger partial charge in [0.15, 0.2) is 0 Å². The molecule has 0 N–H and O–H groups in total. The number of fused-ring (bicyclic) bond motifs is 1. The lowest BCUT2D eigenvalue weighted by Crippen LogP contribution is -2.39. The zero-order chi connectivity index (χ0) is 18.1. The Bertz CT molecular complexity index is 898. The second-order valence-electron chi connectivity index (χ2n) is 6.64. The highest BCUT2D eigenvalue weighted by atomic mass is 16.5. The summed E-state index contributed by atoms with van der Waals surface area (Å²) in [6.07, 6.45) is 5.65. The first kappa shape index (κ1) is 16.6. The average Bonchev–Trinajstić information content (AvgIpc) is 3.02. The summed E-state index contributed by atoms with van der Waals surface area (Å²) in [5.41, 5.74) is 3.19. The summed E-state index contributed by atoms with van der Waals surface area (Å²) in [5.74, 6) is 2.44. The molecule has 136 valence electrons. The Labute approximate surface area is 152 Å². The van der Waals surface area contributed by atoms with Gasteiger partial charge in [0.25, 0.3) is 0 Å². The first-order chi connectivity index (χ1) is 12.6. The van der Waals surface area contributed by atoms with Crippen LogP contribution in [0, 0.1) is 6.92 Å². The first-order valence-corrected chi connectivity index (χ1v) is 8.85. The number of hydrogen-bond donors (Lipinski definition) is 0. The lowest BCUT2D eigenvalue weighted by atomic mass is 10.1.